The molecule has 1 heterocycles. The zero-order valence-electron chi connectivity index (χ0n) is 16.3. The maximum absolute atomic E-state index is 12.8. The highest BCUT2D eigenvalue weighted by atomic mass is 32.2. The number of rotatable bonds is 4. The molecule has 1 saturated heterocycles. The van der Waals surface area contributed by atoms with Crippen molar-refractivity contribution in [1.29, 1.82) is 0 Å². The standard InChI is InChI=1S/C20H21F3N2O4S/c1-13-11-25(12-14(2)29-13)19(26)15-6-8-18(9-7-15)30(27,28)24-17-5-3-4-16(10-17)20(21,22)23/h3-10,13-14,24H,11-12H2,1-2H3/t13-,14-/m0/s1. The van der Waals surface area contributed by atoms with Crippen molar-refractivity contribution in [1.82, 2.24) is 4.90 Å². The summed E-state index contributed by atoms with van der Waals surface area (Å²) in [5, 5.41) is 0. The quantitative estimate of drug-likeness (QED) is 0.783. The number of carbonyl (C=O) groups excluding carboxylic acids is 1. The number of morpholine rings is 1. The van der Waals surface area contributed by atoms with Crippen LogP contribution in [0.2, 0.25) is 0 Å². The lowest BCUT2D eigenvalue weighted by atomic mass is 10.1. The fraction of sp³-hybridized carbons (Fsp3) is 0.350. The highest BCUT2D eigenvalue weighted by molar-refractivity contribution is 7.92. The van der Waals surface area contributed by atoms with Gasteiger partial charge in [0.05, 0.1) is 22.7 Å². The van der Waals surface area contributed by atoms with Crippen molar-refractivity contribution in [3.63, 3.8) is 0 Å². The van der Waals surface area contributed by atoms with E-state index in [0.29, 0.717) is 18.7 Å². The number of sulfonamides is 1. The van der Waals surface area contributed by atoms with E-state index in [1.54, 1.807) is 4.90 Å². The van der Waals surface area contributed by atoms with Crippen LogP contribution in [0.1, 0.15) is 29.8 Å². The molecule has 3 rings (SSSR count). The van der Waals surface area contributed by atoms with Gasteiger partial charge in [0.25, 0.3) is 15.9 Å². The van der Waals surface area contributed by atoms with Gasteiger partial charge in [0.2, 0.25) is 0 Å². The van der Waals surface area contributed by atoms with Crippen molar-refractivity contribution in [3.05, 3.63) is 59.7 Å². The van der Waals surface area contributed by atoms with Gasteiger partial charge in [0, 0.05) is 24.3 Å². The van der Waals surface area contributed by atoms with Gasteiger partial charge >= 0.3 is 6.18 Å². The highest BCUT2D eigenvalue weighted by Crippen LogP contribution is 2.31. The lowest BCUT2D eigenvalue weighted by molar-refractivity contribution is -0.137. The monoisotopic (exact) mass is 442 g/mol. The van der Waals surface area contributed by atoms with E-state index in [-0.39, 0.29) is 28.7 Å². The Balaban J connectivity index is 1.76. The van der Waals surface area contributed by atoms with E-state index in [9.17, 15) is 26.4 Å². The largest absolute Gasteiger partial charge is 0.416 e. The molecule has 6 nitrogen and oxygen atoms in total. The number of nitrogens with zero attached hydrogens (tertiary/aromatic N) is 1. The molecule has 0 radical (unpaired) electrons. The number of hydrogen-bond acceptors (Lipinski definition) is 4. The molecule has 1 fully saturated rings. The maximum Gasteiger partial charge on any atom is 0.416 e. The molecule has 10 heteroatoms. The topological polar surface area (TPSA) is 75.7 Å². The second-order valence-corrected chi connectivity index (χ2v) is 8.86. The number of hydrogen-bond donors (Lipinski definition) is 1. The number of amides is 1. The highest BCUT2D eigenvalue weighted by Gasteiger charge is 2.31. The summed E-state index contributed by atoms with van der Waals surface area (Å²) in [6.07, 6.45) is -4.79. The Morgan fingerprint density at radius 1 is 1.07 bits per heavy atom. The van der Waals surface area contributed by atoms with E-state index in [1.165, 1.54) is 30.3 Å². The Hall–Kier alpha value is -2.59. The van der Waals surface area contributed by atoms with Crippen molar-refractivity contribution in [3.8, 4) is 0 Å². The maximum atomic E-state index is 12.8. The number of benzene rings is 2. The van der Waals surface area contributed by atoms with Gasteiger partial charge in [-0.05, 0) is 56.3 Å². The van der Waals surface area contributed by atoms with Gasteiger partial charge in [-0.2, -0.15) is 13.2 Å². The van der Waals surface area contributed by atoms with Crippen LogP contribution in [0, 0.1) is 0 Å². The van der Waals surface area contributed by atoms with E-state index >= 15 is 0 Å². The van der Waals surface area contributed by atoms with Crippen molar-refractivity contribution >= 4 is 21.6 Å². The Morgan fingerprint density at radius 3 is 2.23 bits per heavy atom. The van der Waals surface area contributed by atoms with Gasteiger partial charge in [0.15, 0.2) is 0 Å². The van der Waals surface area contributed by atoms with E-state index in [1.807, 2.05) is 13.8 Å². The number of anilines is 1. The molecule has 0 saturated carbocycles. The molecule has 1 aliphatic heterocycles. The molecular formula is C20H21F3N2O4S. The minimum absolute atomic E-state index is 0.103. The molecule has 2 atom stereocenters. The Morgan fingerprint density at radius 2 is 1.67 bits per heavy atom. The smallest absolute Gasteiger partial charge is 0.372 e. The lowest BCUT2D eigenvalue weighted by Gasteiger charge is -2.35. The van der Waals surface area contributed by atoms with Gasteiger partial charge in [-0.25, -0.2) is 8.42 Å². The van der Waals surface area contributed by atoms with Crippen LogP contribution < -0.4 is 4.72 Å². The zero-order valence-corrected chi connectivity index (χ0v) is 17.1. The predicted octanol–water partition coefficient (Wildman–Crippen LogP) is 3.76. The lowest BCUT2D eigenvalue weighted by Crippen LogP contribution is -2.48. The average molecular weight is 442 g/mol. The van der Waals surface area contributed by atoms with Crippen LogP contribution in [0.4, 0.5) is 18.9 Å². The first-order valence-corrected chi connectivity index (χ1v) is 10.7. The van der Waals surface area contributed by atoms with E-state index in [4.69, 9.17) is 4.74 Å². The molecule has 0 bridgehead atoms. The van der Waals surface area contributed by atoms with Gasteiger partial charge in [-0.3, -0.25) is 9.52 Å². The normalized spacial score (nSPS) is 20.1. The molecule has 1 N–H and O–H groups in total. The first-order chi connectivity index (χ1) is 14.0. The third kappa shape index (κ3) is 5.11. The van der Waals surface area contributed by atoms with Crippen LogP contribution in [0.15, 0.2) is 53.4 Å². The Kier molecular flexibility index (Phi) is 6.09. The molecule has 2 aromatic carbocycles. The van der Waals surface area contributed by atoms with Crippen molar-refractivity contribution in [2.75, 3.05) is 17.8 Å². The van der Waals surface area contributed by atoms with Crippen molar-refractivity contribution in [2.24, 2.45) is 0 Å². The first kappa shape index (κ1) is 22.1. The molecule has 0 spiro atoms. The van der Waals surface area contributed by atoms with Crippen LogP contribution in [0.5, 0.6) is 0 Å². The van der Waals surface area contributed by atoms with Gasteiger partial charge in [0.1, 0.15) is 0 Å². The molecule has 2 aromatic rings. The van der Waals surface area contributed by atoms with Gasteiger partial charge < -0.3 is 9.64 Å². The van der Waals surface area contributed by atoms with Crippen molar-refractivity contribution < 1.29 is 31.1 Å². The fourth-order valence-corrected chi connectivity index (χ4v) is 4.33. The van der Waals surface area contributed by atoms with Gasteiger partial charge in [-0.15, -0.1) is 0 Å². The Bertz CT molecular complexity index is 1010. The zero-order chi connectivity index (χ0) is 22.1. The van der Waals surface area contributed by atoms with E-state index < -0.39 is 21.8 Å². The third-order valence-electron chi connectivity index (χ3n) is 4.56. The average Bonchev–Trinajstić information content (AvgIpc) is 2.66. The molecule has 0 aromatic heterocycles. The predicted molar refractivity (Wildman–Crippen MR) is 105 cm³/mol. The second kappa shape index (κ2) is 8.27. The van der Waals surface area contributed by atoms with Crippen LogP contribution >= 0.6 is 0 Å². The number of alkyl halides is 3. The molecule has 1 amide bonds. The summed E-state index contributed by atoms with van der Waals surface area (Å²) >= 11 is 0. The van der Waals surface area contributed by atoms with Crippen LogP contribution in [0.3, 0.4) is 0 Å². The molecule has 0 aliphatic carbocycles. The second-order valence-electron chi connectivity index (χ2n) is 7.18. The minimum Gasteiger partial charge on any atom is -0.372 e. The number of ether oxygens (including phenoxy) is 1. The minimum atomic E-state index is -4.59. The summed E-state index contributed by atoms with van der Waals surface area (Å²) in [6.45, 7) is 4.59. The van der Waals surface area contributed by atoms with Gasteiger partial charge in [-0.1, -0.05) is 6.07 Å². The fourth-order valence-electron chi connectivity index (χ4n) is 3.28. The third-order valence-corrected chi connectivity index (χ3v) is 5.96. The van der Waals surface area contributed by atoms with Crippen LogP contribution in [-0.4, -0.2) is 44.5 Å². The van der Waals surface area contributed by atoms with Crippen molar-refractivity contribution in [2.45, 2.75) is 37.1 Å². The molecule has 30 heavy (non-hydrogen) atoms. The Labute approximate surface area is 172 Å². The number of halogens is 3. The summed E-state index contributed by atoms with van der Waals surface area (Å²) < 4.78 is 71.3. The molecular weight excluding hydrogens is 421 g/mol. The summed E-state index contributed by atoms with van der Waals surface area (Å²) in [6, 6.07) is 9.18. The summed E-state index contributed by atoms with van der Waals surface area (Å²) in [5.74, 6) is -0.244. The molecule has 162 valence electrons. The van der Waals surface area contributed by atoms with Crippen LogP contribution in [-0.2, 0) is 20.9 Å². The summed E-state index contributed by atoms with van der Waals surface area (Å²) in [4.78, 5) is 14.1. The first-order valence-electron chi connectivity index (χ1n) is 9.20. The van der Waals surface area contributed by atoms with E-state index in [0.717, 1.165) is 18.2 Å². The summed E-state index contributed by atoms with van der Waals surface area (Å²) in [7, 11) is -4.12. The van der Waals surface area contributed by atoms with E-state index in [2.05, 4.69) is 4.72 Å². The summed E-state index contributed by atoms with van der Waals surface area (Å²) in [5.41, 5.74) is -0.854. The molecule has 1 aliphatic rings. The SMILES string of the molecule is C[C@H]1CN(C(=O)c2ccc(S(=O)(=O)Nc3cccc(C(F)(F)F)c3)cc2)C[C@H](C)O1. The number of nitrogens with one attached hydrogen (secondary N) is 1. The molecule has 0 unspecified atom stereocenters. The number of carbonyl (C=O) groups is 1. The van der Waals surface area contributed by atoms with Crippen LogP contribution in [0.25, 0.3) is 0 Å².